The number of fused-ring (bicyclic) bond motifs is 1. The molecule has 2 aliphatic rings. The molecule has 1 aliphatic heterocycles. The highest BCUT2D eigenvalue weighted by atomic mass is 32.1. The Morgan fingerprint density at radius 2 is 1.92 bits per heavy atom. The molecule has 2 aromatic carbocycles. The molecule has 2 heterocycles. The van der Waals surface area contributed by atoms with Crippen molar-refractivity contribution in [3.05, 3.63) is 77.0 Å². The Kier molecular flexibility index (Phi) is 7.32. The maximum Gasteiger partial charge on any atom is 0.271 e. The molecule has 1 fully saturated rings. The largest absolute Gasteiger partial charge is 0.460 e. The summed E-state index contributed by atoms with van der Waals surface area (Å²) >= 11 is 1.38. The maximum absolute atomic E-state index is 14.5. The van der Waals surface area contributed by atoms with Gasteiger partial charge in [0.05, 0.1) is 17.6 Å². The van der Waals surface area contributed by atoms with Crippen molar-refractivity contribution >= 4 is 21.4 Å². The van der Waals surface area contributed by atoms with E-state index in [1.54, 1.807) is 0 Å². The van der Waals surface area contributed by atoms with E-state index in [0.717, 1.165) is 66.2 Å². The molecule has 196 valence electrons. The first kappa shape index (κ1) is 25.8. The first-order valence-electron chi connectivity index (χ1n) is 12.5. The Morgan fingerprint density at radius 3 is 2.62 bits per heavy atom. The van der Waals surface area contributed by atoms with Gasteiger partial charge in [-0.2, -0.15) is 0 Å². The first-order chi connectivity index (χ1) is 17.7. The van der Waals surface area contributed by atoms with Gasteiger partial charge < -0.3 is 10.1 Å². The van der Waals surface area contributed by atoms with E-state index < -0.39 is 11.7 Å². The van der Waals surface area contributed by atoms with Crippen molar-refractivity contribution in [3.8, 4) is 16.2 Å². The monoisotopic (exact) mass is 530 g/mol. The van der Waals surface area contributed by atoms with Gasteiger partial charge >= 0.3 is 0 Å². The molecule has 1 N–H and O–H groups in total. The quantitative estimate of drug-likeness (QED) is 0.287. The number of ether oxygens (including phenoxy) is 1. The van der Waals surface area contributed by atoms with Gasteiger partial charge in [0.2, 0.25) is 0 Å². The third-order valence-electron chi connectivity index (χ3n) is 6.80. The number of benzene rings is 2. The molecule has 0 bridgehead atoms. The van der Waals surface area contributed by atoms with Crippen LogP contribution >= 0.6 is 11.3 Å². The fraction of sp³-hybridized carbons (Fsp3) is 0.379. The number of rotatable bonds is 9. The van der Waals surface area contributed by atoms with Gasteiger partial charge in [0, 0.05) is 59.9 Å². The maximum atomic E-state index is 14.5. The normalized spacial score (nSPS) is 16.9. The molecular weight excluding hydrogens is 500 g/mol. The van der Waals surface area contributed by atoms with Gasteiger partial charge in [-0.25, -0.2) is 13.2 Å². The number of alkyl halides is 3. The van der Waals surface area contributed by atoms with Gasteiger partial charge in [0.25, 0.3) is 5.92 Å². The SMILES string of the molecule is Cc1ccc2c(OC3=CC=C(NC4CN(CCCF)C4)CC3)c(-c3ccc(F)cc3C(C)(F)F)sc2c1. The second-order valence-electron chi connectivity index (χ2n) is 9.91. The van der Waals surface area contributed by atoms with Crippen LogP contribution in [0.2, 0.25) is 0 Å². The topological polar surface area (TPSA) is 24.5 Å². The summed E-state index contributed by atoms with van der Waals surface area (Å²) in [5.74, 6) is -2.64. The zero-order chi connectivity index (χ0) is 26.2. The lowest BCUT2D eigenvalue weighted by molar-refractivity contribution is 0.0178. The van der Waals surface area contributed by atoms with Crippen LogP contribution in [0.5, 0.6) is 5.75 Å². The van der Waals surface area contributed by atoms with Crippen molar-refractivity contribution in [2.45, 2.75) is 45.1 Å². The Balaban J connectivity index is 1.41. The van der Waals surface area contributed by atoms with Crippen LogP contribution in [0.4, 0.5) is 17.6 Å². The van der Waals surface area contributed by atoms with Gasteiger partial charge in [0.1, 0.15) is 11.6 Å². The summed E-state index contributed by atoms with van der Waals surface area (Å²) in [5.41, 5.74) is 2.10. The standard InChI is InChI=1S/C29H30F4N2OS/c1-18-4-10-24-26(14-18)37-28(23-11-5-19(31)15-25(23)29(2,32)33)27(24)36-22-8-6-20(7-9-22)34-21-16-35(17-21)13-3-12-30/h4-6,8,10-11,14-15,21,34H,3,7,9,12-13,16-17H2,1-2H3. The first-order valence-corrected chi connectivity index (χ1v) is 13.4. The van der Waals surface area contributed by atoms with E-state index in [-0.39, 0.29) is 17.8 Å². The second-order valence-corrected chi connectivity index (χ2v) is 11.0. The number of halogens is 4. The third kappa shape index (κ3) is 5.70. The predicted octanol–water partition coefficient (Wildman–Crippen LogP) is 7.70. The minimum atomic E-state index is -3.21. The van der Waals surface area contributed by atoms with Crippen LogP contribution in [0, 0.1) is 12.7 Å². The molecule has 1 aromatic heterocycles. The number of allylic oxidation sites excluding steroid dienone is 4. The summed E-state index contributed by atoms with van der Waals surface area (Å²) in [6, 6.07) is 9.83. The van der Waals surface area contributed by atoms with E-state index in [4.69, 9.17) is 4.74 Å². The fourth-order valence-corrected chi connectivity index (χ4v) is 6.15. The zero-order valence-corrected chi connectivity index (χ0v) is 21.7. The number of nitrogens with zero attached hydrogens (tertiary/aromatic N) is 1. The minimum Gasteiger partial charge on any atom is -0.460 e. The minimum absolute atomic E-state index is 0.277. The van der Waals surface area contributed by atoms with E-state index >= 15 is 0 Å². The van der Waals surface area contributed by atoms with Crippen molar-refractivity contribution in [1.29, 1.82) is 0 Å². The van der Waals surface area contributed by atoms with Crippen molar-refractivity contribution in [1.82, 2.24) is 10.2 Å². The number of hydrogen-bond donors (Lipinski definition) is 1. The lowest BCUT2D eigenvalue weighted by Gasteiger charge is -2.40. The Hall–Kier alpha value is -2.84. The second kappa shape index (κ2) is 10.5. The third-order valence-corrected chi connectivity index (χ3v) is 7.97. The molecule has 3 aromatic rings. The molecule has 0 unspecified atom stereocenters. The molecular formula is C29H30F4N2OS. The van der Waals surface area contributed by atoms with Crippen LogP contribution in [0.25, 0.3) is 20.5 Å². The van der Waals surface area contributed by atoms with Crippen molar-refractivity contribution in [2.75, 3.05) is 26.3 Å². The number of nitrogens with one attached hydrogen (secondary N) is 1. The van der Waals surface area contributed by atoms with E-state index in [0.29, 0.717) is 29.5 Å². The van der Waals surface area contributed by atoms with Crippen LogP contribution in [0.15, 0.2) is 60.0 Å². The zero-order valence-electron chi connectivity index (χ0n) is 20.9. The molecule has 8 heteroatoms. The number of hydrogen-bond acceptors (Lipinski definition) is 4. The Bertz CT molecular complexity index is 1350. The Labute approximate surface area is 218 Å². The highest BCUT2D eigenvalue weighted by Crippen LogP contribution is 2.49. The van der Waals surface area contributed by atoms with Crippen LogP contribution in [0.3, 0.4) is 0 Å². The summed E-state index contributed by atoms with van der Waals surface area (Å²) in [4.78, 5) is 2.80. The molecule has 0 saturated carbocycles. The molecule has 37 heavy (non-hydrogen) atoms. The molecule has 5 rings (SSSR count). The summed E-state index contributed by atoms with van der Waals surface area (Å²) < 4.78 is 62.7. The number of thiophene rings is 1. The number of likely N-dealkylation sites (tertiary alicyclic amines) is 1. The number of aryl methyl sites for hydroxylation is 1. The van der Waals surface area contributed by atoms with Gasteiger partial charge in [0.15, 0.2) is 5.75 Å². The van der Waals surface area contributed by atoms with Crippen LogP contribution in [0.1, 0.15) is 37.3 Å². The predicted molar refractivity (Wildman–Crippen MR) is 142 cm³/mol. The summed E-state index contributed by atoms with van der Waals surface area (Å²) in [5, 5.41) is 4.40. The van der Waals surface area contributed by atoms with E-state index in [2.05, 4.69) is 10.2 Å². The van der Waals surface area contributed by atoms with Crippen LogP contribution < -0.4 is 10.1 Å². The summed E-state index contributed by atoms with van der Waals surface area (Å²) in [6.07, 6.45) is 5.95. The molecule has 1 aliphatic carbocycles. The van der Waals surface area contributed by atoms with Gasteiger partial charge in [-0.05, 0) is 61.7 Å². The van der Waals surface area contributed by atoms with Crippen molar-refractivity contribution in [3.63, 3.8) is 0 Å². The van der Waals surface area contributed by atoms with E-state index in [1.807, 2.05) is 37.3 Å². The average molecular weight is 531 g/mol. The van der Waals surface area contributed by atoms with Crippen molar-refractivity contribution < 1.29 is 22.3 Å². The van der Waals surface area contributed by atoms with Gasteiger partial charge in [-0.3, -0.25) is 9.29 Å². The molecule has 3 nitrogen and oxygen atoms in total. The summed E-state index contributed by atoms with van der Waals surface area (Å²) in [7, 11) is 0. The van der Waals surface area contributed by atoms with Crippen LogP contribution in [-0.2, 0) is 5.92 Å². The molecule has 1 saturated heterocycles. The molecule has 0 radical (unpaired) electrons. The van der Waals surface area contributed by atoms with Crippen LogP contribution in [-0.4, -0.2) is 37.3 Å². The highest BCUT2D eigenvalue weighted by Gasteiger charge is 2.31. The smallest absolute Gasteiger partial charge is 0.271 e. The highest BCUT2D eigenvalue weighted by molar-refractivity contribution is 7.22. The molecule has 0 atom stereocenters. The van der Waals surface area contributed by atoms with Gasteiger partial charge in [-0.1, -0.05) is 12.1 Å². The lowest BCUT2D eigenvalue weighted by Crippen LogP contribution is -2.57. The fourth-order valence-electron chi connectivity index (χ4n) is 4.88. The molecule has 0 amide bonds. The summed E-state index contributed by atoms with van der Waals surface area (Å²) in [6.45, 7) is 5.11. The van der Waals surface area contributed by atoms with Gasteiger partial charge in [-0.15, -0.1) is 11.3 Å². The average Bonchev–Trinajstić information content (AvgIpc) is 3.18. The lowest BCUT2D eigenvalue weighted by atomic mass is 10.00. The van der Waals surface area contributed by atoms with Crippen molar-refractivity contribution in [2.24, 2.45) is 0 Å². The Morgan fingerprint density at radius 1 is 1.11 bits per heavy atom. The van der Waals surface area contributed by atoms with E-state index in [1.165, 1.54) is 23.5 Å². The van der Waals surface area contributed by atoms with E-state index in [9.17, 15) is 17.6 Å². The molecule has 0 spiro atoms.